The van der Waals surface area contributed by atoms with Crippen LogP contribution in [0.5, 0.6) is 0 Å². The van der Waals surface area contributed by atoms with Gasteiger partial charge in [0, 0.05) is 6.42 Å². The molecule has 0 saturated heterocycles. The highest BCUT2D eigenvalue weighted by Gasteiger charge is 2.30. The van der Waals surface area contributed by atoms with Gasteiger partial charge in [0.25, 0.3) is 5.56 Å². The third-order valence-corrected chi connectivity index (χ3v) is 2.93. The number of ether oxygens (including phenoxy) is 3. The lowest BCUT2D eigenvalue weighted by atomic mass is 10.1. The summed E-state index contributed by atoms with van der Waals surface area (Å²) in [5.74, 6) is -2.01. The van der Waals surface area contributed by atoms with Gasteiger partial charge >= 0.3 is 18.0 Å². The molecule has 146 valence electrons. The van der Waals surface area contributed by atoms with Crippen LogP contribution >= 0.6 is 0 Å². The number of alkyl carbamates (subject to hydrolysis) is 1. The van der Waals surface area contributed by atoms with Gasteiger partial charge in [0.1, 0.15) is 11.6 Å². The normalized spacial score (nSPS) is 12.2. The molecule has 1 heterocycles. The van der Waals surface area contributed by atoms with E-state index in [1.165, 1.54) is 0 Å². The van der Waals surface area contributed by atoms with E-state index < -0.39 is 35.2 Å². The summed E-state index contributed by atoms with van der Waals surface area (Å²) in [6, 6.07) is -1.25. The highest BCUT2D eigenvalue weighted by molar-refractivity contribution is 5.88. The zero-order valence-electron chi connectivity index (χ0n) is 15.5. The maximum absolute atomic E-state index is 12.1. The van der Waals surface area contributed by atoms with Crippen molar-refractivity contribution in [2.45, 2.75) is 52.7 Å². The molecular weight excluding hydrogens is 348 g/mol. The van der Waals surface area contributed by atoms with E-state index >= 15 is 0 Å². The highest BCUT2D eigenvalue weighted by Crippen LogP contribution is 2.11. The predicted molar refractivity (Wildman–Crippen MR) is 88.8 cm³/mol. The summed E-state index contributed by atoms with van der Waals surface area (Å²) < 4.78 is 19.6. The van der Waals surface area contributed by atoms with Gasteiger partial charge in [0.05, 0.1) is 18.8 Å². The molecule has 1 atom stereocenters. The van der Waals surface area contributed by atoms with Crippen LogP contribution < -0.4 is 10.9 Å². The van der Waals surface area contributed by atoms with Crippen molar-refractivity contribution in [1.82, 2.24) is 10.5 Å². The van der Waals surface area contributed by atoms with Crippen LogP contribution in [-0.4, -0.2) is 48.0 Å². The number of carbonyl (C=O) groups excluding carboxylic acids is 3. The lowest BCUT2D eigenvalue weighted by molar-refractivity contribution is -0.145. The summed E-state index contributed by atoms with van der Waals surface area (Å²) >= 11 is 0. The first-order valence-electron chi connectivity index (χ1n) is 8.12. The molecule has 10 heteroatoms. The third kappa shape index (κ3) is 6.26. The van der Waals surface area contributed by atoms with E-state index in [1.807, 2.05) is 5.16 Å². The maximum Gasteiger partial charge on any atom is 0.408 e. The minimum atomic E-state index is -1.25. The lowest BCUT2D eigenvalue weighted by Crippen LogP contribution is -2.46. The van der Waals surface area contributed by atoms with Crippen molar-refractivity contribution < 1.29 is 33.1 Å². The van der Waals surface area contributed by atoms with Gasteiger partial charge in [0.15, 0.2) is 0 Å². The number of rotatable bonds is 7. The average Bonchev–Trinajstić information content (AvgIpc) is 2.86. The zero-order valence-corrected chi connectivity index (χ0v) is 15.5. The van der Waals surface area contributed by atoms with Crippen molar-refractivity contribution in [3.8, 4) is 0 Å². The summed E-state index contributed by atoms with van der Waals surface area (Å²) in [4.78, 5) is 47.9. The second-order valence-corrected chi connectivity index (χ2v) is 6.22. The number of esters is 2. The Bertz CT molecular complexity index is 698. The van der Waals surface area contributed by atoms with Crippen LogP contribution in [0.2, 0.25) is 0 Å². The number of aromatic amines is 1. The van der Waals surface area contributed by atoms with Crippen LogP contribution in [0, 0.1) is 0 Å². The Kier molecular flexibility index (Phi) is 7.41. The molecule has 1 aromatic heterocycles. The van der Waals surface area contributed by atoms with Gasteiger partial charge in [-0.05, 0) is 34.6 Å². The highest BCUT2D eigenvalue weighted by atomic mass is 16.6. The number of carbonyl (C=O) groups is 3. The summed E-state index contributed by atoms with van der Waals surface area (Å²) in [6.07, 6.45) is -1.20. The molecular formula is C16H24N2O8. The first kappa shape index (κ1) is 21.3. The third-order valence-electron chi connectivity index (χ3n) is 2.93. The molecule has 0 aliphatic rings. The van der Waals surface area contributed by atoms with Gasteiger partial charge in [0.2, 0.25) is 5.76 Å². The Hall–Kier alpha value is -2.78. The topological polar surface area (TPSA) is 137 Å². The molecule has 0 aromatic carbocycles. The molecule has 0 fully saturated rings. The quantitative estimate of drug-likeness (QED) is 0.537. The average molecular weight is 372 g/mol. The predicted octanol–water partition coefficient (Wildman–Crippen LogP) is 1.14. The van der Waals surface area contributed by atoms with Gasteiger partial charge in [-0.2, -0.15) is 5.16 Å². The van der Waals surface area contributed by atoms with Crippen LogP contribution in [0.15, 0.2) is 9.32 Å². The van der Waals surface area contributed by atoms with Crippen LogP contribution in [0.4, 0.5) is 4.79 Å². The standard InChI is InChI=1S/C16H24N2O8/c1-6-23-13(20)10(17-15(22)25-16(3,4)5)8-9-11(14(21)24-7-2)26-18-12(9)19/h10H,6-8H2,1-5H3,(H,17,22)(H,18,19). The summed E-state index contributed by atoms with van der Waals surface area (Å²) in [6.45, 7) is 8.30. The van der Waals surface area contributed by atoms with Crippen molar-refractivity contribution in [3.63, 3.8) is 0 Å². The number of amides is 1. The van der Waals surface area contributed by atoms with Crippen LogP contribution in [0.1, 0.15) is 50.7 Å². The van der Waals surface area contributed by atoms with Crippen molar-refractivity contribution >= 4 is 18.0 Å². The van der Waals surface area contributed by atoms with Gasteiger partial charge in [-0.3, -0.25) is 4.79 Å². The second kappa shape index (κ2) is 9.07. The summed E-state index contributed by atoms with van der Waals surface area (Å²) in [7, 11) is 0. The Balaban J connectivity index is 3.05. The van der Waals surface area contributed by atoms with Crippen LogP contribution in [0.25, 0.3) is 0 Å². The van der Waals surface area contributed by atoms with E-state index in [2.05, 4.69) is 5.32 Å². The molecule has 0 bridgehead atoms. The Morgan fingerprint density at radius 1 is 1.15 bits per heavy atom. The molecule has 0 aliphatic carbocycles. The molecule has 10 nitrogen and oxygen atoms in total. The van der Waals surface area contributed by atoms with Crippen molar-refractivity contribution in [2.24, 2.45) is 0 Å². The Morgan fingerprint density at radius 2 is 1.77 bits per heavy atom. The van der Waals surface area contributed by atoms with Crippen molar-refractivity contribution in [2.75, 3.05) is 13.2 Å². The van der Waals surface area contributed by atoms with Crippen LogP contribution in [-0.2, 0) is 25.4 Å². The molecule has 0 radical (unpaired) electrons. The van der Waals surface area contributed by atoms with E-state index in [4.69, 9.17) is 18.7 Å². The minimum Gasteiger partial charge on any atom is -0.464 e. The fraction of sp³-hybridized carbons (Fsp3) is 0.625. The van der Waals surface area contributed by atoms with Crippen LogP contribution in [0.3, 0.4) is 0 Å². The van der Waals surface area contributed by atoms with E-state index in [0.717, 1.165) is 0 Å². The summed E-state index contributed by atoms with van der Waals surface area (Å²) in [5, 5.41) is 4.36. The SMILES string of the molecule is CCOC(=O)c1o[nH]c(=O)c1CC(NC(=O)OC(C)(C)C)C(=O)OCC. The van der Waals surface area contributed by atoms with Gasteiger partial charge < -0.3 is 24.1 Å². The number of hydrogen-bond acceptors (Lipinski definition) is 8. The zero-order chi connectivity index (χ0) is 19.9. The second-order valence-electron chi connectivity index (χ2n) is 6.22. The molecule has 0 aliphatic heterocycles. The van der Waals surface area contributed by atoms with E-state index in [9.17, 15) is 19.2 Å². The number of aromatic nitrogens is 1. The van der Waals surface area contributed by atoms with Gasteiger partial charge in [-0.15, -0.1) is 0 Å². The minimum absolute atomic E-state index is 0.0673. The largest absolute Gasteiger partial charge is 0.464 e. The Labute approximate surface area is 150 Å². The lowest BCUT2D eigenvalue weighted by Gasteiger charge is -2.22. The molecule has 1 amide bonds. The molecule has 1 aromatic rings. The van der Waals surface area contributed by atoms with Gasteiger partial charge in [-0.25, -0.2) is 14.4 Å². The fourth-order valence-electron chi connectivity index (χ4n) is 1.96. The molecule has 1 rings (SSSR count). The molecule has 1 unspecified atom stereocenters. The fourth-order valence-corrected chi connectivity index (χ4v) is 1.96. The number of hydrogen-bond donors (Lipinski definition) is 2. The first-order chi connectivity index (χ1) is 12.1. The first-order valence-corrected chi connectivity index (χ1v) is 8.12. The number of H-pyrrole nitrogens is 1. The van der Waals surface area contributed by atoms with Crippen molar-refractivity contribution in [1.29, 1.82) is 0 Å². The molecule has 26 heavy (non-hydrogen) atoms. The summed E-state index contributed by atoms with van der Waals surface area (Å²) in [5.41, 5.74) is -1.64. The molecule has 0 saturated carbocycles. The molecule has 0 spiro atoms. The Morgan fingerprint density at radius 3 is 2.31 bits per heavy atom. The monoisotopic (exact) mass is 372 g/mol. The molecule has 2 N–H and O–H groups in total. The van der Waals surface area contributed by atoms with E-state index in [1.54, 1.807) is 34.6 Å². The van der Waals surface area contributed by atoms with Gasteiger partial charge in [-0.1, -0.05) is 0 Å². The maximum atomic E-state index is 12.1. The van der Waals surface area contributed by atoms with E-state index in [0.29, 0.717) is 0 Å². The van der Waals surface area contributed by atoms with E-state index in [-0.39, 0.29) is 31.0 Å². The smallest absolute Gasteiger partial charge is 0.408 e. The number of nitrogens with one attached hydrogen (secondary N) is 2. The van der Waals surface area contributed by atoms with Crippen molar-refractivity contribution in [3.05, 3.63) is 21.7 Å².